The van der Waals surface area contributed by atoms with Crippen molar-refractivity contribution in [3.63, 3.8) is 0 Å². The van der Waals surface area contributed by atoms with Gasteiger partial charge in [0.05, 0.1) is 11.7 Å². The Hall–Kier alpha value is -1.32. The van der Waals surface area contributed by atoms with Crippen molar-refractivity contribution in [2.24, 2.45) is 0 Å². The van der Waals surface area contributed by atoms with Gasteiger partial charge >= 0.3 is 0 Å². The SMILES string of the molecule is Cc1nn(C2CCNCC2)cc1-c1ccccc1.Cl. The standard InChI is InChI=1S/C15H19N3.ClH/c1-12-15(13-5-3-2-4-6-13)11-18(17-12)14-7-9-16-10-8-14;/h2-6,11,14,16H,7-10H2,1H3;1H. The summed E-state index contributed by atoms with van der Waals surface area (Å²) in [5.41, 5.74) is 3.64. The molecule has 1 N–H and O–H groups in total. The summed E-state index contributed by atoms with van der Waals surface area (Å²) in [4.78, 5) is 0. The van der Waals surface area contributed by atoms with E-state index in [1.807, 2.05) is 0 Å². The van der Waals surface area contributed by atoms with Crippen LogP contribution in [0.25, 0.3) is 11.1 Å². The maximum atomic E-state index is 4.70. The van der Waals surface area contributed by atoms with Crippen LogP contribution in [-0.2, 0) is 0 Å². The lowest BCUT2D eigenvalue weighted by Gasteiger charge is -2.22. The molecule has 1 fully saturated rings. The number of piperidine rings is 1. The van der Waals surface area contributed by atoms with Crippen molar-refractivity contribution in [1.82, 2.24) is 15.1 Å². The number of hydrogen-bond donors (Lipinski definition) is 1. The molecular weight excluding hydrogens is 258 g/mol. The van der Waals surface area contributed by atoms with E-state index < -0.39 is 0 Å². The summed E-state index contributed by atoms with van der Waals surface area (Å²) < 4.78 is 2.17. The monoisotopic (exact) mass is 277 g/mol. The summed E-state index contributed by atoms with van der Waals surface area (Å²) in [6.07, 6.45) is 4.56. The Bertz CT molecular complexity index is 515. The maximum Gasteiger partial charge on any atom is 0.0672 e. The molecule has 1 aliphatic heterocycles. The van der Waals surface area contributed by atoms with Crippen LogP contribution in [0.15, 0.2) is 36.5 Å². The Morgan fingerprint density at radius 2 is 1.84 bits per heavy atom. The zero-order valence-electron chi connectivity index (χ0n) is 11.2. The van der Waals surface area contributed by atoms with E-state index >= 15 is 0 Å². The van der Waals surface area contributed by atoms with Crippen molar-refractivity contribution >= 4 is 12.4 Å². The number of aryl methyl sites for hydroxylation is 1. The molecule has 1 aromatic carbocycles. The number of nitrogens with one attached hydrogen (secondary N) is 1. The van der Waals surface area contributed by atoms with Crippen LogP contribution in [0.5, 0.6) is 0 Å². The Labute approximate surface area is 120 Å². The van der Waals surface area contributed by atoms with E-state index in [1.54, 1.807) is 0 Å². The lowest BCUT2D eigenvalue weighted by Crippen LogP contribution is -2.29. The van der Waals surface area contributed by atoms with Gasteiger partial charge in [0.1, 0.15) is 0 Å². The summed E-state index contributed by atoms with van der Waals surface area (Å²) in [6.45, 7) is 4.30. The highest BCUT2D eigenvalue weighted by Crippen LogP contribution is 2.26. The van der Waals surface area contributed by atoms with E-state index in [-0.39, 0.29) is 12.4 Å². The fourth-order valence-electron chi connectivity index (χ4n) is 2.64. The van der Waals surface area contributed by atoms with Gasteiger partial charge in [-0.15, -0.1) is 12.4 Å². The molecule has 0 spiro atoms. The Balaban J connectivity index is 0.00000133. The smallest absolute Gasteiger partial charge is 0.0672 e. The van der Waals surface area contributed by atoms with Crippen molar-refractivity contribution in [2.45, 2.75) is 25.8 Å². The highest BCUT2D eigenvalue weighted by atomic mass is 35.5. The van der Waals surface area contributed by atoms with Crippen LogP contribution in [0.2, 0.25) is 0 Å². The molecule has 0 atom stereocenters. The molecule has 0 amide bonds. The summed E-state index contributed by atoms with van der Waals surface area (Å²) in [6, 6.07) is 11.1. The summed E-state index contributed by atoms with van der Waals surface area (Å²) in [5, 5.41) is 8.10. The van der Waals surface area contributed by atoms with Crippen LogP contribution in [-0.4, -0.2) is 22.9 Å². The number of rotatable bonds is 2. The first-order valence-electron chi connectivity index (χ1n) is 6.66. The van der Waals surface area contributed by atoms with Gasteiger partial charge in [0.2, 0.25) is 0 Å². The van der Waals surface area contributed by atoms with Crippen molar-refractivity contribution in [2.75, 3.05) is 13.1 Å². The van der Waals surface area contributed by atoms with E-state index in [9.17, 15) is 0 Å². The number of aromatic nitrogens is 2. The van der Waals surface area contributed by atoms with Crippen molar-refractivity contribution in [3.05, 3.63) is 42.2 Å². The second-order valence-electron chi connectivity index (χ2n) is 4.96. The van der Waals surface area contributed by atoms with Crippen LogP contribution in [0.4, 0.5) is 0 Å². The van der Waals surface area contributed by atoms with Crippen molar-refractivity contribution in [1.29, 1.82) is 0 Å². The van der Waals surface area contributed by atoms with Gasteiger partial charge in [-0.3, -0.25) is 4.68 Å². The summed E-state index contributed by atoms with van der Waals surface area (Å²) in [7, 11) is 0. The van der Waals surface area contributed by atoms with Gasteiger partial charge < -0.3 is 5.32 Å². The zero-order valence-corrected chi connectivity index (χ0v) is 12.0. The van der Waals surface area contributed by atoms with E-state index in [2.05, 4.69) is 53.5 Å². The van der Waals surface area contributed by atoms with Gasteiger partial charge in [-0.1, -0.05) is 30.3 Å². The van der Waals surface area contributed by atoms with Gasteiger partial charge in [-0.2, -0.15) is 5.10 Å². The molecule has 102 valence electrons. The van der Waals surface area contributed by atoms with Gasteiger partial charge in [-0.05, 0) is 38.4 Å². The minimum absolute atomic E-state index is 0. The molecule has 0 aliphatic carbocycles. The predicted molar refractivity (Wildman–Crippen MR) is 80.8 cm³/mol. The second kappa shape index (κ2) is 6.22. The number of nitrogens with zero attached hydrogens (tertiary/aromatic N) is 2. The molecule has 1 aromatic heterocycles. The fourth-order valence-corrected chi connectivity index (χ4v) is 2.64. The summed E-state index contributed by atoms with van der Waals surface area (Å²) in [5.74, 6) is 0. The first kappa shape index (κ1) is 14.1. The maximum absolute atomic E-state index is 4.70. The van der Waals surface area contributed by atoms with E-state index in [0.29, 0.717) is 6.04 Å². The number of hydrogen-bond acceptors (Lipinski definition) is 2. The Kier molecular flexibility index (Phi) is 4.61. The highest BCUT2D eigenvalue weighted by Gasteiger charge is 2.17. The highest BCUT2D eigenvalue weighted by molar-refractivity contribution is 5.85. The topological polar surface area (TPSA) is 29.9 Å². The summed E-state index contributed by atoms with van der Waals surface area (Å²) >= 11 is 0. The largest absolute Gasteiger partial charge is 0.317 e. The van der Waals surface area contributed by atoms with E-state index in [1.165, 1.54) is 24.0 Å². The van der Waals surface area contributed by atoms with E-state index in [0.717, 1.165) is 18.8 Å². The van der Waals surface area contributed by atoms with Gasteiger partial charge in [0.25, 0.3) is 0 Å². The second-order valence-corrected chi connectivity index (χ2v) is 4.96. The predicted octanol–water partition coefficient (Wildman–Crippen LogP) is 3.20. The molecule has 1 saturated heterocycles. The normalized spacial score (nSPS) is 16.1. The van der Waals surface area contributed by atoms with Crippen LogP contribution >= 0.6 is 12.4 Å². The average molecular weight is 278 g/mol. The Morgan fingerprint density at radius 3 is 2.53 bits per heavy atom. The average Bonchev–Trinajstić information content (AvgIpc) is 2.83. The third-order valence-corrected chi connectivity index (χ3v) is 3.68. The molecule has 0 saturated carbocycles. The lowest BCUT2D eigenvalue weighted by atomic mass is 10.1. The first-order chi connectivity index (χ1) is 8.84. The fraction of sp³-hybridized carbons (Fsp3) is 0.400. The van der Waals surface area contributed by atoms with Gasteiger partial charge in [-0.25, -0.2) is 0 Å². The zero-order chi connectivity index (χ0) is 12.4. The molecule has 2 aromatic rings. The molecule has 2 heterocycles. The molecular formula is C15H20ClN3. The van der Waals surface area contributed by atoms with E-state index in [4.69, 9.17) is 5.10 Å². The molecule has 3 rings (SSSR count). The first-order valence-corrected chi connectivity index (χ1v) is 6.66. The third kappa shape index (κ3) is 2.99. The minimum atomic E-state index is 0. The molecule has 0 radical (unpaired) electrons. The van der Waals surface area contributed by atoms with Crippen LogP contribution < -0.4 is 5.32 Å². The van der Waals surface area contributed by atoms with Crippen LogP contribution in [0.1, 0.15) is 24.6 Å². The lowest BCUT2D eigenvalue weighted by molar-refractivity contribution is 0.342. The molecule has 19 heavy (non-hydrogen) atoms. The van der Waals surface area contributed by atoms with Crippen molar-refractivity contribution < 1.29 is 0 Å². The number of halogens is 1. The van der Waals surface area contributed by atoms with Gasteiger partial charge in [0.15, 0.2) is 0 Å². The molecule has 3 nitrogen and oxygen atoms in total. The quantitative estimate of drug-likeness (QED) is 0.914. The third-order valence-electron chi connectivity index (χ3n) is 3.68. The minimum Gasteiger partial charge on any atom is -0.317 e. The number of benzene rings is 1. The molecule has 0 unspecified atom stereocenters. The van der Waals surface area contributed by atoms with Crippen LogP contribution in [0, 0.1) is 6.92 Å². The van der Waals surface area contributed by atoms with Crippen molar-refractivity contribution in [3.8, 4) is 11.1 Å². The molecule has 4 heteroatoms. The molecule has 0 bridgehead atoms. The van der Waals surface area contributed by atoms with Crippen LogP contribution in [0.3, 0.4) is 0 Å². The Morgan fingerprint density at radius 1 is 1.16 bits per heavy atom. The molecule has 1 aliphatic rings. The van der Waals surface area contributed by atoms with Gasteiger partial charge in [0, 0.05) is 11.8 Å².